The molecule has 0 spiro atoms. The number of rotatable bonds is 6. The van der Waals surface area contributed by atoms with Crippen molar-refractivity contribution in [2.45, 2.75) is 18.0 Å². The highest BCUT2D eigenvalue weighted by atomic mass is 15.4. The molecule has 0 aromatic heterocycles. The van der Waals surface area contributed by atoms with Gasteiger partial charge in [-0.2, -0.15) is 0 Å². The molecule has 1 heterocycles. The van der Waals surface area contributed by atoms with Crippen molar-refractivity contribution in [3.8, 4) is 0 Å². The zero-order valence-corrected chi connectivity index (χ0v) is 17.0. The number of hydrogen-bond donors (Lipinski definition) is 0. The minimum atomic E-state index is -0.402. The van der Waals surface area contributed by atoms with Crippen molar-refractivity contribution in [1.29, 1.82) is 0 Å². The molecule has 1 nitrogen and oxygen atoms in total. The van der Waals surface area contributed by atoms with Crippen LogP contribution in [0.3, 0.4) is 0 Å². The van der Waals surface area contributed by atoms with E-state index in [2.05, 4.69) is 133 Å². The van der Waals surface area contributed by atoms with E-state index in [1.165, 1.54) is 28.0 Å². The molecule has 4 aromatic carbocycles. The van der Waals surface area contributed by atoms with Crippen molar-refractivity contribution in [3.63, 3.8) is 0 Å². The van der Waals surface area contributed by atoms with Gasteiger partial charge in [0.25, 0.3) is 0 Å². The van der Waals surface area contributed by atoms with Crippen molar-refractivity contribution >= 4 is 0 Å². The summed E-state index contributed by atoms with van der Waals surface area (Å²) < 4.78 is 0. The first-order chi connectivity index (χ1) is 14.8. The molecule has 0 radical (unpaired) electrons. The molecule has 146 valence electrons. The third-order valence-electron chi connectivity index (χ3n) is 6.15. The number of benzene rings is 4. The fourth-order valence-electron chi connectivity index (χ4n) is 4.73. The maximum Gasteiger partial charge on any atom is 0.117 e. The molecule has 0 saturated carbocycles. The second-order valence-corrected chi connectivity index (χ2v) is 7.88. The maximum absolute atomic E-state index is 4.49. The standard InChI is InChI=1S/C29H25N/c1-23-28(22-24-14-6-2-7-15-24)30(23)29(25-16-8-3-9-17-25,26-18-10-4-11-19-26)27-20-12-5-13-21-27/h2-21,28H,1,22H2. The van der Waals surface area contributed by atoms with E-state index in [1.54, 1.807) is 0 Å². The smallest absolute Gasteiger partial charge is 0.117 e. The molecule has 0 aliphatic carbocycles. The third-order valence-corrected chi connectivity index (χ3v) is 6.15. The van der Waals surface area contributed by atoms with Crippen LogP contribution >= 0.6 is 0 Å². The third kappa shape index (κ3) is 3.04. The summed E-state index contributed by atoms with van der Waals surface area (Å²) in [6.45, 7) is 4.49. The topological polar surface area (TPSA) is 3.01 Å². The van der Waals surface area contributed by atoms with Crippen LogP contribution in [0.2, 0.25) is 0 Å². The molecule has 0 bridgehead atoms. The highest BCUT2D eigenvalue weighted by Gasteiger charge is 2.55. The minimum Gasteiger partial charge on any atom is -0.347 e. The van der Waals surface area contributed by atoms with Gasteiger partial charge in [-0.25, -0.2) is 0 Å². The van der Waals surface area contributed by atoms with E-state index in [4.69, 9.17) is 0 Å². The molecule has 5 rings (SSSR count). The van der Waals surface area contributed by atoms with Crippen LogP contribution in [0, 0.1) is 0 Å². The van der Waals surface area contributed by atoms with Gasteiger partial charge in [0.1, 0.15) is 5.54 Å². The summed E-state index contributed by atoms with van der Waals surface area (Å²) in [5.41, 5.74) is 5.92. The van der Waals surface area contributed by atoms with Gasteiger partial charge in [-0.3, -0.25) is 0 Å². The van der Waals surface area contributed by atoms with E-state index in [0.717, 1.165) is 6.42 Å². The second-order valence-electron chi connectivity index (χ2n) is 7.88. The second kappa shape index (κ2) is 7.68. The molecule has 30 heavy (non-hydrogen) atoms. The molecule has 1 aliphatic rings. The number of nitrogens with zero attached hydrogens (tertiary/aromatic N) is 1. The molecule has 1 fully saturated rings. The van der Waals surface area contributed by atoms with Gasteiger partial charge in [0.2, 0.25) is 0 Å². The van der Waals surface area contributed by atoms with E-state index in [9.17, 15) is 0 Å². The first-order valence-corrected chi connectivity index (χ1v) is 10.5. The van der Waals surface area contributed by atoms with Gasteiger partial charge in [-0.1, -0.05) is 128 Å². The number of hydrogen-bond acceptors (Lipinski definition) is 1. The summed E-state index contributed by atoms with van der Waals surface area (Å²) in [5, 5.41) is 0. The molecular weight excluding hydrogens is 362 g/mol. The van der Waals surface area contributed by atoms with Crippen LogP contribution in [0.5, 0.6) is 0 Å². The molecule has 0 amide bonds. The van der Waals surface area contributed by atoms with E-state index in [1.807, 2.05) is 0 Å². The Bertz CT molecular complexity index is 1020. The van der Waals surface area contributed by atoms with Gasteiger partial charge in [0.05, 0.1) is 6.04 Å². The fourth-order valence-corrected chi connectivity index (χ4v) is 4.73. The molecular formula is C29H25N. The summed E-state index contributed by atoms with van der Waals surface area (Å²) in [5.74, 6) is 0. The van der Waals surface area contributed by atoms with Crippen LogP contribution < -0.4 is 0 Å². The van der Waals surface area contributed by atoms with E-state index in [-0.39, 0.29) is 0 Å². The Hall–Kier alpha value is -3.58. The van der Waals surface area contributed by atoms with Gasteiger partial charge < -0.3 is 4.90 Å². The first kappa shape index (κ1) is 18.4. The van der Waals surface area contributed by atoms with Crippen LogP contribution in [-0.2, 0) is 12.0 Å². The Morgan fingerprint density at radius 2 is 0.933 bits per heavy atom. The van der Waals surface area contributed by atoms with Crippen LogP contribution in [0.1, 0.15) is 22.3 Å². The Kier molecular flexibility index (Phi) is 4.72. The lowest BCUT2D eigenvalue weighted by Gasteiger charge is -2.38. The van der Waals surface area contributed by atoms with Gasteiger partial charge in [0.15, 0.2) is 0 Å². The Balaban J connectivity index is 1.70. The van der Waals surface area contributed by atoms with Crippen LogP contribution in [0.15, 0.2) is 134 Å². The summed E-state index contributed by atoms with van der Waals surface area (Å²) in [6, 6.07) is 43.5. The zero-order chi connectivity index (χ0) is 20.4. The Morgan fingerprint density at radius 3 is 1.33 bits per heavy atom. The van der Waals surface area contributed by atoms with Crippen molar-refractivity contribution in [2.75, 3.05) is 0 Å². The van der Waals surface area contributed by atoms with Crippen LogP contribution in [0.4, 0.5) is 0 Å². The average Bonchev–Trinajstić information content (AvgIpc) is 3.46. The average molecular weight is 388 g/mol. The molecule has 1 unspecified atom stereocenters. The summed E-state index contributed by atoms with van der Waals surface area (Å²) in [7, 11) is 0. The van der Waals surface area contributed by atoms with Crippen molar-refractivity contribution in [3.05, 3.63) is 156 Å². The molecule has 1 heteroatoms. The lowest BCUT2D eigenvalue weighted by molar-refractivity contribution is 0.331. The normalized spacial score (nSPS) is 15.8. The first-order valence-electron chi connectivity index (χ1n) is 10.5. The maximum atomic E-state index is 4.49. The SMILES string of the molecule is C=C1C(Cc2ccccc2)N1C(c1ccccc1)(c1ccccc1)c1ccccc1. The highest BCUT2D eigenvalue weighted by Crippen LogP contribution is 2.53. The quantitative estimate of drug-likeness (QED) is 0.272. The zero-order valence-electron chi connectivity index (χ0n) is 17.0. The lowest BCUT2D eigenvalue weighted by Crippen LogP contribution is -2.39. The van der Waals surface area contributed by atoms with Crippen molar-refractivity contribution in [2.24, 2.45) is 0 Å². The van der Waals surface area contributed by atoms with E-state index < -0.39 is 5.54 Å². The van der Waals surface area contributed by atoms with Crippen molar-refractivity contribution < 1.29 is 0 Å². The molecule has 0 N–H and O–H groups in total. The largest absolute Gasteiger partial charge is 0.347 e. The molecule has 1 atom stereocenters. The monoisotopic (exact) mass is 387 g/mol. The molecule has 4 aromatic rings. The van der Waals surface area contributed by atoms with Crippen molar-refractivity contribution in [1.82, 2.24) is 4.90 Å². The predicted molar refractivity (Wildman–Crippen MR) is 124 cm³/mol. The van der Waals surface area contributed by atoms with Gasteiger partial charge in [-0.15, -0.1) is 0 Å². The van der Waals surface area contributed by atoms with Gasteiger partial charge in [-0.05, 0) is 28.7 Å². The molecule has 1 aliphatic heterocycles. The predicted octanol–water partition coefficient (Wildman–Crippen LogP) is 6.42. The highest BCUT2D eigenvalue weighted by molar-refractivity contribution is 5.54. The van der Waals surface area contributed by atoms with Gasteiger partial charge >= 0.3 is 0 Å². The molecule has 1 saturated heterocycles. The summed E-state index contributed by atoms with van der Waals surface area (Å²) in [6.07, 6.45) is 0.966. The Morgan fingerprint density at radius 1 is 0.567 bits per heavy atom. The van der Waals surface area contributed by atoms with Crippen LogP contribution in [0.25, 0.3) is 0 Å². The lowest BCUT2D eigenvalue weighted by atomic mass is 9.76. The van der Waals surface area contributed by atoms with Crippen LogP contribution in [-0.4, -0.2) is 10.9 Å². The minimum absolute atomic E-state index is 0.299. The summed E-state index contributed by atoms with van der Waals surface area (Å²) >= 11 is 0. The van der Waals surface area contributed by atoms with E-state index in [0.29, 0.717) is 6.04 Å². The van der Waals surface area contributed by atoms with E-state index >= 15 is 0 Å². The Labute approximate surface area is 178 Å². The summed E-state index contributed by atoms with van der Waals surface area (Å²) in [4.78, 5) is 2.51. The van der Waals surface area contributed by atoms with Gasteiger partial charge in [0, 0.05) is 5.70 Å². The fraction of sp³-hybridized carbons (Fsp3) is 0.103.